The molecule has 0 aliphatic carbocycles. The highest BCUT2D eigenvalue weighted by atomic mass is 35.5. The fourth-order valence-electron chi connectivity index (χ4n) is 2.00. The number of halogens is 5. The summed E-state index contributed by atoms with van der Waals surface area (Å²) in [4.78, 5) is 0.0353. The summed E-state index contributed by atoms with van der Waals surface area (Å²) in [7, 11) is 0. The molecule has 0 atom stereocenters. The molecule has 0 spiro atoms. The van der Waals surface area contributed by atoms with Crippen LogP contribution in [0, 0.1) is 0 Å². The smallest absolute Gasteiger partial charge is 0.382 e. The molecule has 0 saturated carbocycles. The molecule has 2 nitrogen and oxygen atoms in total. The van der Waals surface area contributed by atoms with Crippen LogP contribution in [0.1, 0.15) is 12.8 Å². The van der Waals surface area contributed by atoms with E-state index in [0.717, 1.165) is 25.9 Å². The summed E-state index contributed by atoms with van der Waals surface area (Å²) in [6.45, 7) is 1.85. The van der Waals surface area contributed by atoms with Gasteiger partial charge < -0.3 is 10.6 Å². The Balaban J connectivity index is 0.00000200. The van der Waals surface area contributed by atoms with E-state index in [1.165, 1.54) is 12.1 Å². The number of alkyl halides is 3. The summed E-state index contributed by atoms with van der Waals surface area (Å²) in [6.07, 6.45) is 1.93. The first-order valence-electron chi connectivity index (χ1n) is 5.96. The van der Waals surface area contributed by atoms with Gasteiger partial charge in [-0.25, -0.2) is 0 Å². The summed E-state index contributed by atoms with van der Waals surface area (Å²) in [6, 6.07) is 4.97. The van der Waals surface area contributed by atoms with Crippen LogP contribution in [0.2, 0.25) is 5.02 Å². The summed E-state index contributed by atoms with van der Waals surface area (Å²) in [5, 5.41) is 6.62. The van der Waals surface area contributed by atoms with E-state index in [0.29, 0.717) is 11.7 Å². The average molecular weight is 347 g/mol. The molecule has 20 heavy (non-hydrogen) atoms. The van der Waals surface area contributed by atoms with Crippen molar-refractivity contribution in [3.8, 4) is 0 Å². The fraction of sp³-hybridized carbons (Fsp3) is 0.500. The molecule has 2 rings (SSSR count). The lowest BCUT2D eigenvalue weighted by Crippen LogP contribution is -2.35. The minimum Gasteiger partial charge on any atom is -0.382 e. The van der Waals surface area contributed by atoms with E-state index in [4.69, 9.17) is 11.6 Å². The van der Waals surface area contributed by atoms with Crippen molar-refractivity contribution in [1.29, 1.82) is 0 Å². The Morgan fingerprint density at radius 3 is 2.50 bits per heavy atom. The first-order valence-corrected chi connectivity index (χ1v) is 7.16. The second-order valence-corrected chi connectivity index (χ2v) is 5.88. The highest BCUT2D eigenvalue weighted by molar-refractivity contribution is 8.00. The Morgan fingerprint density at radius 2 is 1.90 bits per heavy atom. The summed E-state index contributed by atoms with van der Waals surface area (Å²) in [5.41, 5.74) is -3.64. The van der Waals surface area contributed by atoms with Crippen molar-refractivity contribution in [1.82, 2.24) is 5.32 Å². The standard InChI is InChI=1S/C12H14ClF3N2S.ClH/c13-10-2-1-9(7-11(10)19-12(14,15)16)18-8-3-5-17-6-4-8;/h1-2,7-8,17-18H,3-6H2;1H. The molecule has 2 N–H and O–H groups in total. The van der Waals surface area contributed by atoms with Crippen LogP contribution in [0.25, 0.3) is 0 Å². The Kier molecular flexibility index (Phi) is 6.78. The highest BCUT2D eigenvalue weighted by Gasteiger charge is 2.30. The van der Waals surface area contributed by atoms with Gasteiger partial charge in [0.1, 0.15) is 0 Å². The van der Waals surface area contributed by atoms with Gasteiger partial charge in [-0.1, -0.05) is 11.6 Å². The lowest BCUT2D eigenvalue weighted by atomic mass is 10.1. The largest absolute Gasteiger partial charge is 0.446 e. The molecule has 0 aromatic heterocycles. The van der Waals surface area contributed by atoms with Gasteiger partial charge in [0.25, 0.3) is 0 Å². The molecule has 1 fully saturated rings. The maximum atomic E-state index is 12.4. The first kappa shape index (κ1) is 17.8. The van der Waals surface area contributed by atoms with E-state index in [1.54, 1.807) is 6.07 Å². The van der Waals surface area contributed by atoms with Crippen LogP contribution in [0.3, 0.4) is 0 Å². The monoisotopic (exact) mass is 346 g/mol. The maximum absolute atomic E-state index is 12.4. The molecule has 1 saturated heterocycles. The number of piperidine rings is 1. The van der Waals surface area contributed by atoms with Gasteiger partial charge in [-0.2, -0.15) is 13.2 Å². The zero-order chi connectivity index (χ0) is 13.9. The zero-order valence-corrected chi connectivity index (χ0v) is 12.9. The maximum Gasteiger partial charge on any atom is 0.446 e. The van der Waals surface area contributed by atoms with Gasteiger partial charge in [-0.3, -0.25) is 0 Å². The van der Waals surface area contributed by atoms with E-state index in [2.05, 4.69) is 10.6 Å². The topological polar surface area (TPSA) is 24.1 Å². The molecule has 8 heteroatoms. The molecule has 114 valence electrons. The third-order valence-electron chi connectivity index (χ3n) is 2.87. The minimum atomic E-state index is -4.32. The molecule has 1 aromatic rings. The van der Waals surface area contributed by atoms with Gasteiger partial charge in [0.2, 0.25) is 0 Å². The van der Waals surface area contributed by atoms with Gasteiger partial charge in [0, 0.05) is 16.6 Å². The SMILES string of the molecule is Cl.FC(F)(F)Sc1cc(NC2CCNCC2)ccc1Cl. The molecule has 1 heterocycles. The molecule has 0 bridgehead atoms. The van der Waals surface area contributed by atoms with Crippen molar-refractivity contribution < 1.29 is 13.2 Å². The van der Waals surface area contributed by atoms with E-state index < -0.39 is 5.51 Å². The molecule has 1 aliphatic rings. The molecular formula is C12H15Cl2F3N2S. The Labute approximate surface area is 131 Å². The van der Waals surface area contributed by atoms with E-state index in [9.17, 15) is 13.2 Å². The van der Waals surface area contributed by atoms with Crippen LogP contribution < -0.4 is 10.6 Å². The van der Waals surface area contributed by atoms with Crippen molar-refractivity contribution in [3.63, 3.8) is 0 Å². The van der Waals surface area contributed by atoms with Crippen molar-refractivity contribution in [2.24, 2.45) is 0 Å². The van der Waals surface area contributed by atoms with Crippen LogP contribution in [-0.4, -0.2) is 24.6 Å². The van der Waals surface area contributed by atoms with E-state index in [1.807, 2.05) is 0 Å². The van der Waals surface area contributed by atoms with Crippen molar-refractivity contribution in [3.05, 3.63) is 23.2 Å². The minimum absolute atomic E-state index is 0. The molecule has 0 amide bonds. The van der Waals surface area contributed by atoms with E-state index in [-0.39, 0.29) is 34.1 Å². The predicted octanol–water partition coefficient (Wildman–Crippen LogP) is 4.54. The number of rotatable bonds is 3. The first-order chi connectivity index (χ1) is 8.94. The average Bonchev–Trinajstić information content (AvgIpc) is 2.33. The molecular weight excluding hydrogens is 332 g/mol. The highest BCUT2D eigenvalue weighted by Crippen LogP contribution is 2.41. The van der Waals surface area contributed by atoms with Crippen molar-refractivity contribution >= 4 is 41.5 Å². The van der Waals surface area contributed by atoms with Crippen LogP contribution in [0.5, 0.6) is 0 Å². The number of hydrogen-bond acceptors (Lipinski definition) is 3. The van der Waals surface area contributed by atoms with Crippen LogP contribution >= 0.6 is 35.8 Å². The van der Waals surface area contributed by atoms with Crippen molar-refractivity contribution in [2.45, 2.75) is 29.3 Å². The van der Waals surface area contributed by atoms with Gasteiger partial charge in [0.05, 0.1) is 5.02 Å². The van der Waals surface area contributed by atoms with E-state index >= 15 is 0 Å². The van der Waals surface area contributed by atoms with Gasteiger partial charge >= 0.3 is 5.51 Å². The second-order valence-electron chi connectivity index (χ2n) is 4.36. The predicted molar refractivity (Wildman–Crippen MR) is 80.1 cm³/mol. The molecule has 0 unspecified atom stereocenters. The normalized spacial score (nSPS) is 16.6. The van der Waals surface area contributed by atoms with Gasteiger partial charge in [-0.15, -0.1) is 12.4 Å². The molecule has 1 aliphatic heterocycles. The number of hydrogen-bond donors (Lipinski definition) is 2. The van der Waals surface area contributed by atoms with Crippen LogP contribution in [-0.2, 0) is 0 Å². The number of thioether (sulfide) groups is 1. The number of anilines is 1. The lowest BCUT2D eigenvalue weighted by molar-refractivity contribution is -0.0328. The van der Waals surface area contributed by atoms with Crippen molar-refractivity contribution in [2.75, 3.05) is 18.4 Å². The van der Waals surface area contributed by atoms with Gasteiger partial charge in [-0.05, 0) is 55.9 Å². The Hall–Kier alpha value is -0.300. The summed E-state index contributed by atoms with van der Waals surface area (Å²) >= 11 is 5.61. The lowest BCUT2D eigenvalue weighted by Gasteiger charge is -2.25. The third-order valence-corrected chi connectivity index (χ3v) is 4.10. The van der Waals surface area contributed by atoms with Crippen LogP contribution in [0.15, 0.2) is 23.1 Å². The zero-order valence-electron chi connectivity index (χ0n) is 10.5. The Bertz CT molecular complexity index is 437. The number of nitrogens with one attached hydrogen (secondary N) is 2. The van der Waals surface area contributed by atoms with Crippen LogP contribution in [0.4, 0.5) is 18.9 Å². The van der Waals surface area contributed by atoms with Gasteiger partial charge in [0.15, 0.2) is 0 Å². The Morgan fingerprint density at radius 1 is 1.25 bits per heavy atom. The second kappa shape index (κ2) is 7.64. The summed E-state index contributed by atoms with van der Waals surface area (Å²) in [5.74, 6) is 0. The third kappa shape index (κ3) is 5.60. The summed E-state index contributed by atoms with van der Waals surface area (Å²) < 4.78 is 37.2. The molecule has 0 radical (unpaired) electrons. The quantitative estimate of drug-likeness (QED) is 0.785. The number of benzene rings is 1. The molecule has 1 aromatic carbocycles. The fourth-order valence-corrected chi connectivity index (χ4v) is 2.83.